The number of H-pyrrole nitrogens is 1. The Hall–Kier alpha value is -3.41. The topological polar surface area (TPSA) is 58.5 Å². The van der Waals surface area contributed by atoms with E-state index >= 15 is 0 Å². The molecule has 2 aromatic heterocycles. The maximum atomic E-state index is 13.2. The van der Waals surface area contributed by atoms with Gasteiger partial charge in [0.2, 0.25) is 5.95 Å². The van der Waals surface area contributed by atoms with Crippen molar-refractivity contribution in [3.05, 3.63) is 70.1 Å². The van der Waals surface area contributed by atoms with Crippen molar-refractivity contribution in [3.8, 4) is 5.69 Å². The standard InChI is InChI=1S/C20H13F6N5S/c1-10-15-16(30-17(27-10)28-13-6-2-4-11(8-13)19(21,22)23)31(18(32)29-15)14-7-3-5-12(9-14)20(24,25)26/h2-9H,1H3,(H,29,32)(H,27,28,30). The number of hydrogen-bond acceptors (Lipinski definition) is 4. The fourth-order valence-corrected chi connectivity index (χ4v) is 3.44. The van der Waals surface area contributed by atoms with E-state index in [1.807, 2.05) is 0 Å². The molecule has 32 heavy (non-hydrogen) atoms. The first kappa shape index (κ1) is 21.8. The van der Waals surface area contributed by atoms with Crippen molar-refractivity contribution in [3.63, 3.8) is 0 Å². The molecule has 0 aliphatic heterocycles. The second kappa shape index (κ2) is 7.62. The molecule has 2 heterocycles. The van der Waals surface area contributed by atoms with E-state index in [2.05, 4.69) is 20.3 Å². The lowest BCUT2D eigenvalue weighted by molar-refractivity contribution is -0.138. The average Bonchev–Trinajstić information content (AvgIpc) is 3.03. The molecule has 0 aliphatic rings. The van der Waals surface area contributed by atoms with E-state index in [0.29, 0.717) is 11.2 Å². The van der Waals surface area contributed by atoms with Gasteiger partial charge in [-0.2, -0.15) is 31.3 Å². The average molecular weight is 469 g/mol. The second-order valence-electron chi connectivity index (χ2n) is 6.85. The van der Waals surface area contributed by atoms with Crippen molar-refractivity contribution in [2.24, 2.45) is 0 Å². The summed E-state index contributed by atoms with van der Waals surface area (Å²) in [7, 11) is 0. The van der Waals surface area contributed by atoms with Gasteiger partial charge < -0.3 is 10.3 Å². The van der Waals surface area contributed by atoms with Gasteiger partial charge in [0.05, 0.1) is 22.5 Å². The number of aromatic amines is 1. The summed E-state index contributed by atoms with van der Waals surface area (Å²) in [6.07, 6.45) is -9.08. The van der Waals surface area contributed by atoms with E-state index in [1.165, 1.54) is 28.8 Å². The number of benzene rings is 2. The van der Waals surface area contributed by atoms with Crippen LogP contribution in [0.5, 0.6) is 0 Å². The van der Waals surface area contributed by atoms with Gasteiger partial charge in [0, 0.05) is 5.69 Å². The second-order valence-corrected chi connectivity index (χ2v) is 7.24. The molecule has 0 amide bonds. The van der Waals surface area contributed by atoms with Crippen LogP contribution in [-0.2, 0) is 12.4 Å². The number of aryl methyl sites for hydroxylation is 1. The molecule has 12 heteroatoms. The summed E-state index contributed by atoms with van der Waals surface area (Å²) >= 11 is 5.28. The summed E-state index contributed by atoms with van der Waals surface area (Å²) in [4.78, 5) is 11.4. The molecule has 5 nitrogen and oxygen atoms in total. The van der Waals surface area contributed by atoms with Crippen LogP contribution < -0.4 is 5.32 Å². The smallest absolute Gasteiger partial charge is 0.327 e. The van der Waals surface area contributed by atoms with Crippen LogP contribution in [0.1, 0.15) is 16.8 Å². The minimum absolute atomic E-state index is 0.0379. The molecular weight excluding hydrogens is 456 g/mol. The van der Waals surface area contributed by atoms with Crippen LogP contribution in [0.15, 0.2) is 48.5 Å². The largest absolute Gasteiger partial charge is 0.416 e. The van der Waals surface area contributed by atoms with Crippen molar-refractivity contribution in [1.29, 1.82) is 0 Å². The summed E-state index contributed by atoms with van der Waals surface area (Å²) in [6, 6.07) is 9.02. The number of alkyl halides is 6. The molecule has 2 aromatic carbocycles. The van der Waals surface area contributed by atoms with Crippen molar-refractivity contribution in [2.75, 3.05) is 5.32 Å². The summed E-state index contributed by atoms with van der Waals surface area (Å²) in [6.45, 7) is 1.61. The lowest BCUT2D eigenvalue weighted by Crippen LogP contribution is -2.07. The number of anilines is 2. The lowest BCUT2D eigenvalue weighted by Gasteiger charge is -2.12. The minimum atomic E-state index is -4.55. The number of imidazole rings is 1. The van der Waals surface area contributed by atoms with E-state index in [1.54, 1.807) is 6.92 Å². The molecule has 0 bridgehead atoms. The molecule has 0 saturated carbocycles. The quantitative estimate of drug-likeness (QED) is 0.263. The number of aromatic nitrogens is 4. The number of fused-ring (bicyclic) bond motifs is 1. The highest BCUT2D eigenvalue weighted by molar-refractivity contribution is 7.71. The van der Waals surface area contributed by atoms with Gasteiger partial charge in [-0.1, -0.05) is 12.1 Å². The van der Waals surface area contributed by atoms with Gasteiger partial charge in [-0.25, -0.2) is 4.98 Å². The Balaban J connectivity index is 1.82. The zero-order valence-corrected chi connectivity index (χ0v) is 17.0. The first-order valence-corrected chi connectivity index (χ1v) is 9.45. The maximum Gasteiger partial charge on any atom is 0.416 e. The van der Waals surface area contributed by atoms with Crippen LogP contribution in [0.3, 0.4) is 0 Å². The third-order valence-electron chi connectivity index (χ3n) is 4.60. The van der Waals surface area contributed by atoms with E-state index in [4.69, 9.17) is 12.2 Å². The van der Waals surface area contributed by atoms with Gasteiger partial charge >= 0.3 is 12.4 Å². The number of rotatable bonds is 3. The number of halogens is 6. The molecule has 2 N–H and O–H groups in total. The summed E-state index contributed by atoms with van der Waals surface area (Å²) in [5.74, 6) is -0.0379. The predicted octanol–water partition coefficient (Wildman–Crippen LogP) is 6.57. The number of nitrogens with zero attached hydrogens (tertiary/aromatic N) is 3. The Morgan fingerprint density at radius 3 is 2.19 bits per heavy atom. The van der Waals surface area contributed by atoms with Crippen LogP contribution in [-0.4, -0.2) is 19.5 Å². The van der Waals surface area contributed by atoms with Gasteiger partial charge in [0.15, 0.2) is 10.4 Å². The summed E-state index contributed by atoms with van der Waals surface area (Å²) < 4.78 is 79.8. The van der Waals surface area contributed by atoms with Gasteiger partial charge in [0.25, 0.3) is 0 Å². The third kappa shape index (κ3) is 4.17. The van der Waals surface area contributed by atoms with Gasteiger partial charge in [-0.3, -0.25) is 4.57 Å². The molecule has 0 unspecified atom stereocenters. The van der Waals surface area contributed by atoms with Crippen molar-refractivity contribution in [1.82, 2.24) is 19.5 Å². The molecule has 0 spiro atoms. The van der Waals surface area contributed by atoms with Crippen molar-refractivity contribution < 1.29 is 26.3 Å². The molecule has 0 saturated heterocycles. The van der Waals surface area contributed by atoms with Crippen LogP contribution in [0.2, 0.25) is 0 Å². The molecule has 4 rings (SSSR count). The Labute approximate surface area is 181 Å². The van der Waals surface area contributed by atoms with E-state index < -0.39 is 23.5 Å². The highest BCUT2D eigenvalue weighted by Crippen LogP contribution is 2.33. The van der Waals surface area contributed by atoms with Crippen molar-refractivity contribution >= 4 is 35.0 Å². The normalized spacial score (nSPS) is 12.3. The van der Waals surface area contributed by atoms with Gasteiger partial charge in [-0.05, 0) is 55.5 Å². The van der Waals surface area contributed by atoms with E-state index in [0.717, 1.165) is 24.3 Å². The number of hydrogen-bond donors (Lipinski definition) is 2. The molecule has 4 aromatic rings. The molecule has 166 valence electrons. The van der Waals surface area contributed by atoms with Crippen LogP contribution in [0.4, 0.5) is 38.0 Å². The molecule has 0 atom stereocenters. The summed E-state index contributed by atoms with van der Waals surface area (Å²) in [5.41, 5.74) is -0.523. The minimum Gasteiger partial charge on any atom is -0.327 e. The fraction of sp³-hybridized carbons (Fsp3) is 0.150. The van der Waals surface area contributed by atoms with Gasteiger partial charge in [0.1, 0.15) is 5.52 Å². The van der Waals surface area contributed by atoms with E-state index in [9.17, 15) is 26.3 Å². The Kier molecular flexibility index (Phi) is 5.19. The zero-order valence-electron chi connectivity index (χ0n) is 16.1. The molecule has 0 fully saturated rings. The van der Waals surface area contributed by atoms with E-state index in [-0.39, 0.29) is 27.7 Å². The van der Waals surface area contributed by atoms with Crippen LogP contribution >= 0.6 is 12.2 Å². The lowest BCUT2D eigenvalue weighted by atomic mass is 10.2. The first-order chi connectivity index (χ1) is 14.9. The fourth-order valence-electron chi connectivity index (χ4n) is 3.14. The van der Waals surface area contributed by atoms with Crippen LogP contribution in [0, 0.1) is 11.7 Å². The summed E-state index contributed by atoms with van der Waals surface area (Å²) in [5, 5.41) is 2.71. The Morgan fingerprint density at radius 1 is 0.906 bits per heavy atom. The monoisotopic (exact) mass is 469 g/mol. The highest BCUT2D eigenvalue weighted by Gasteiger charge is 2.31. The Morgan fingerprint density at radius 2 is 1.53 bits per heavy atom. The van der Waals surface area contributed by atoms with Crippen molar-refractivity contribution in [2.45, 2.75) is 19.3 Å². The zero-order chi connectivity index (χ0) is 23.3. The molecular formula is C20H13F6N5S. The first-order valence-electron chi connectivity index (χ1n) is 9.05. The Bertz CT molecular complexity index is 1370. The SMILES string of the molecule is Cc1nc(Nc2cccc(C(F)(F)F)c2)nc2c1[nH]c(=S)n2-c1cccc(C(F)(F)F)c1. The predicted molar refractivity (Wildman–Crippen MR) is 109 cm³/mol. The third-order valence-corrected chi connectivity index (χ3v) is 4.88. The van der Waals surface area contributed by atoms with Crippen LogP contribution in [0.25, 0.3) is 16.9 Å². The molecule has 0 radical (unpaired) electrons. The molecule has 0 aliphatic carbocycles. The number of nitrogens with one attached hydrogen (secondary N) is 2. The highest BCUT2D eigenvalue weighted by atomic mass is 32.1. The maximum absolute atomic E-state index is 13.2. The van der Waals surface area contributed by atoms with Gasteiger partial charge in [-0.15, -0.1) is 0 Å².